The van der Waals surface area contributed by atoms with E-state index in [1.165, 1.54) is 9.47 Å². The Bertz CT molecular complexity index is 1090. The molecular formula is C22H30N6O4. The number of carbonyl (C=O) groups excluding carboxylic acids is 2. The summed E-state index contributed by atoms with van der Waals surface area (Å²) in [5, 5.41) is 2.83. The minimum atomic E-state index is -0.719. The van der Waals surface area contributed by atoms with Gasteiger partial charge in [-0.15, -0.1) is 0 Å². The number of nitrogens with two attached hydrogens (primary N) is 1. The van der Waals surface area contributed by atoms with Crippen LogP contribution in [0.25, 0.3) is 0 Å². The van der Waals surface area contributed by atoms with E-state index in [9.17, 15) is 19.2 Å². The number of nitrogen functional groups attached to an aromatic ring is 1. The second-order valence-corrected chi connectivity index (χ2v) is 8.15. The van der Waals surface area contributed by atoms with Gasteiger partial charge in [0.25, 0.3) is 5.56 Å². The number of hydrogen-bond acceptors (Lipinski definition) is 6. The monoisotopic (exact) mass is 442 g/mol. The molecule has 2 aromatic rings. The minimum Gasteiger partial charge on any atom is -0.383 e. The van der Waals surface area contributed by atoms with Crippen LogP contribution in [0.5, 0.6) is 0 Å². The van der Waals surface area contributed by atoms with Crippen LogP contribution in [0.3, 0.4) is 0 Å². The molecule has 0 aliphatic carbocycles. The maximum Gasteiger partial charge on any atom is 0.330 e. The number of amides is 2. The molecule has 3 rings (SSSR count). The lowest BCUT2D eigenvalue weighted by atomic mass is 9.99. The SMILES string of the molecule is CCN(C(=O)CN1CCNC(=O)C1C(C)C)c1c(N)n(Cc2ccccc2)c(=O)[nH]c1=O. The molecule has 1 aromatic heterocycles. The molecule has 1 atom stereocenters. The Kier molecular flexibility index (Phi) is 7.14. The number of likely N-dealkylation sites (N-methyl/N-ethyl adjacent to an activating group) is 1. The van der Waals surface area contributed by atoms with Crippen molar-refractivity contribution in [3.63, 3.8) is 0 Å². The van der Waals surface area contributed by atoms with E-state index >= 15 is 0 Å². The van der Waals surface area contributed by atoms with Crippen LogP contribution in [0.15, 0.2) is 39.9 Å². The molecule has 10 heteroatoms. The zero-order valence-electron chi connectivity index (χ0n) is 18.6. The van der Waals surface area contributed by atoms with E-state index in [1.54, 1.807) is 6.92 Å². The molecule has 1 saturated heterocycles. The Morgan fingerprint density at radius 1 is 1.22 bits per heavy atom. The van der Waals surface area contributed by atoms with Gasteiger partial charge in [-0.1, -0.05) is 44.2 Å². The standard InChI is InChI=1S/C22H30N6O4/c1-4-27(16(29)13-26-11-10-24-20(30)17(26)14(2)3)18-19(23)28(22(32)25-21(18)31)12-15-8-6-5-7-9-15/h5-9,14,17H,4,10-13,23H2,1-3H3,(H,24,30)(H,25,31,32). The molecular weight excluding hydrogens is 412 g/mol. The van der Waals surface area contributed by atoms with Gasteiger partial charge >= 0.3 is 5.69 Å². The molecule has 0 spiro atoms. The van der Waals surface area contributed by atoms with Gasteiger partial charge in [-0.05, 0) is 18.4 Å². The minimum absolute atomic E-state index is 0.0134. The molecule has 1 aliphatic heterocycles. The van der Waals surface area contributed by atoms with Gasteiger partial charge in [0.1, 0.15) is 5.82 Å². The first-order valence-corrected chi connectivity index (χ1v) is 10.7. The number of nitrogens with zero attached hydrogens (tertiary/aromatic N) is 3. The summed E-state index contributed by atoms with van der Waals surface area (Å²) < 4.78 is 1.24. The van der Waals surface area contributed by atoms with Gasteiger partial charge in [0.2, 0.25) is 11.8 Å². The fourth-order valence-corrected chi connectivity index (χ4v) is 4.11. The smallest absolute Gasteiger partial charge is 0.330 e. The number of aromatic amines is 1. The highest BCUT2D eigenvalue weighted by Gasteiger charge is 2.34. The van der Waals surface area contributed by atoms with E-state index in [0.29, 0.717) is 13.1 Å². The van der Waals surface area contributed by atoms with Crippen LogP contribution in [0.2, 0.25) is 0 Å². The molecule has 172 valence electrons. The summed E-state index contributed by atoms with van der Waals surface area (Å²) in [5.74, 6) is -0.542. The number of piperazine rings is 1. The first kappa shape index (κ1) is 23.3. The van der Waals surface area contributed by atoms with Crippen molar-refractivity contribution in [1.82, 2.24) is 19.8 Å². The summed E-state index contributed by atoms with van der Waals surface area (Å²) >= 11 is 0. The summed E-state index contributed by atoms with van der Waals surface area (Å²) in [7, 11) is 0. The summed E-state index contributed by atoms with van der Waals surface area (Å²) in [6.45, 7) is 6.85. The number of carbonyl (C=O) groups is 2. The first-order valence-electron chi connectivity index (χ1n) is 10.7. The summed E-state index contributed by atoms with van der Waals surface area (Å²) in [6.07, 6.45) is 0. The van der Waals surface area contributed by atoms with Crippen molar-refractivity contribution in [2.75, 3.05) is 36.8 Å². The third-order valence-electron chi connectivity index (χ3n) is 5.61. The van der Waals surface area contributed by atoms with Crippen molar-refractivity contribution in [2.24, 2.45) is 5.92 Å². The molecule has 0 radical (unpaired) electrons. The number of anilines is 2. The van der Waals surface area contributed by atoms with Crippen molar-refractivity contribution in [3.05, 3.63) is 56.7 Å². The van der Waals surface area contributed by atoms with Gasteiger partial charge in [-0.2, -0.15) is 0 Å². The van der Waals surface area contributed by atoms with Crippen molar-refractivity contribution in [1.29, 1.82) is 0 Å². The van der Waals surface area contributed by atoms with E-state index in [1.807, 2.05) is 49.1 Å². The molecule has 2 heterocycles. The molecule has 4 N–H and O–H groups in total. The third kappa shape index (κ3) is 4.75. The second-order valence-electron chi connectivity index (χ2n) is 8.15. The lowest BCUT2D eigenvalue weighted by molar-refractivity contribution is -0.132. The zero-order valence-corrected chi connectivity index (χ0v) is 18.6. The van der Waals surface area contributed by atoms with Crippen LogP contribution < -0.4 is 27.2 Å². The van der Waals surface area contributed by atoms with E-state index < -0.39 is 17.3 Å². The van der Waals surface area contributed by atoms with Gasteiger partial charge in [0.15, 0.2) is 5.69 Å². The highest BCUT2D eigenvalue weighted by molar-refractivity contribution is 5.97. The number of rotatable bonds is 7. The highest BCUT2D eigenvalue weighted by Crippen LogP contribution is 2.20. The largest absolute Gasteiger partial charge is 0.383 e. The molecule has 1 fully saturated rings. The van der Waals surface area contributed by atoms with E-state index in [4.69, 9.17) is 5.73 Å². The van der Waals surface area contributed by atoms with Crippen LogP contribution in [-0.2, 0) is 16.1 Å². The second kappa shape index (κ2) is 9.82. The fraction of sp³-hybridized carbons (Fsp3) is 0.455. The number of H-pyrrole nitrogens is 1. The zero-order chi connectivity index (χ0) is 23.4. The van der Waals surface area contributed by atoms with Crippen molar-refractivity contribution in [3.8, 4) is 0 Å². The van der Waals surface area contributed by atoms with Gasteiger partial charge < -0.3 is 16.0 Å². The Labute approximate surface area is 186 Å². The van der Waals surface area contributed by atoms with Crippen LogP contribution in [0.4, 0.5) is 11.5 Å². The van der Waals surface area contributed by atoms with Crippen molar-refractivity contribution in [2.45, 2.75) is 33.4 Å². The van der Waals surface area contributed by atoms with E-state index in [2.05, 4.69) is 10.3 Å². The molecule has 0 bridgehead atoms. The van der Waals surface area contributed by atoms with Crippen molar-refractivity contribution >= 4 is 23.3 Å². The normalized spacial score (nSPS) is 16.8. The lowest BCUT2D eigenvalue weighted by Crippen LogP contribution is -2.59. The van der Waals surface area contributed by atoms with Crippen LogP contribution in [0, 0.1) is 5.92 Å². The van der Waals surface area contributed by atoms with E-state index in [-0.39, 0.29) is 48.9 Å². The predicted octanol–water partition coefficient (Wildman–Crippen LogP) is -0.0236. The Morgan fingerprint density at radius 3 is 2.53 bits per heavy atom. The number of benzene rings is 1. The predicted molar refractivity (Wildman–Crippen MR) is 123 cm³/mol. The summed E-state index contributed by atoms with van der Waals surface area (Å²) in [5.41, 5.74) is 5.66. The van der Waals surface area contributed by atoms with Gasteiger partial charge in [0, 0.05) is 19.6 Å². The third-order valence-corrected chi connectivity index (χ3v) is 5.61. The molecule has 10 nitrogen and oxygen atoms in total. The van der Waals surface area contributed by atoms with Crippen LogP contribution in [0.1, 0.15) is 26.3 Å². The Hall–Kier alpha value is -3.40. The van der Waals surface area contributed by atoms with Gasteiger partial charge in [-0.3, -0.25) is 28.8 Å². The van der Waals surface area contributed by atoms with Gasteiger partial charge in [0.05, 0.1) is 19.1 Å². The van der Waals surface area contributed by atoms with Crippen LogP contribution >= 0.6 is 0 Å². The lowest BCUT2D eigenvalue weighted by Gasteiger charge is -2.37. The topological polar surface area (TPSA) is 134 Å². The van der Waals surface area contributed by atoms with Crippen LogP contribution in [-0.4, -0.2) is 58.5 Å². The molecule has 2 amide bonds. The number of aromatic nitrogens is 2. The number of nitrogens with one attached hydrogen (secondary N) is 2. The Morgan fingerprint density at radius 2 is 1.91 bits per heavy atom. The highest BCUT2D eigenvalue weighted by atomic mass is 16.2. The summed E-state index contributed by atoms with van der Waals surface area (Å²) in [6, 6.07) is 8.78. The van der Waals surface area contributed by atoms with E-state index in [0.717, 1.165) is 5.56 Å². The molecule has 1 aliphatic rings. The number of hydrogen-bond donors (Lipinski definition) is 3. The molecule has 1 unspecified atom stereocenters. The first-order chi connectivity index (χ1) is 15.2. The maximum atomic E-state index is 13.2. The molecule has 32 heavy (non-hydrogen) atoms. The van der Waals surface area contributed by atoms with Gasteiger partial charge in [-0.25, -0.2) is 4.79 Å². The Balaban J connectivity index is 1.93. The molecule has 0 saturated carbocycles. The average Bonchev–Trinajstić information content (AvgIpc) is 2.74. The molecule has 1 aromatic carbocycles. The quantitative estimate of drug-likeness (QED) is 0.552. The van der Waals surface area contributed by atoms with Crippen molar-refractivity contribution < 1.29 is 9.59 Å². The summed E-state index contributed by atoms with van der Waals surface area (Å²) in [4.78, 5) is 56.0. The average molecular weight is 443 g/mol. The maximum absolute atomic E-state index is 13.2. The fourth-order valence-electron chi connectivity index (χ4n) is 4.11.